The minimum atomic E-state index is -4.27. The molecule has 0 bridgehead atoms. The molecule has 1 fully saturated rings. The molecule has 1 saturated carbocycles. The van der Waals surface area contributed by atoms with Crippen molar-refractivity contribution in [3.63, 3.8) is 0 Å². The molecule has 9 nitrogen and oxygen atoms in total. The number of nitrogens with zero attached hydrogens (tertiary/aromatic N) is 2. The number of hydrogen-bond acceptors (Lipinski definition) is 6. The summed E-state index contributed by atoms with van der Waals surface area (Å²) in [5, 5.41) is 3.19. The maximum atomic E-state index is 14.4. The monoisotopic (exact) mass is 649 g/mol. The molecule has 10 heteroatoms. The average Bonchev–Trinajstić information content (AvgIpc) is 3.05. The average molecular weight is 650 g/mol. The largest absolute Gasteiger partial charge is 0.493 e. The third-order valence-corrected chi connectivity index (χ3v) is 10.3. The highest BCUT2D eigenvalue weighted by atomic mass is 32.2. The number of ether oxygens (including phenoxy) is 2. The van der Waals surface area contributed by atoms with Gasteiger partial charge in [0.1, 0.15) is 12.6 Å². The van der Waals surface area contributed by atoms with Crippen LogP contribution in [0.25, 0.3) is 0 Å². The van der Waals surface area contributed by atoms with Gasteiger partial charge in [0, 0.05) is 18.7 Å². The van der Waals surface area contributed by atoms with Gasteiger partial charge in [0.15, 0.2) is 11.5 Å². The Bertz CT molecular complexity index is 1570. The van der Waals surface area contributed by atoms with Crippen LogP contribution in [0.5, 0.6) is 11.5 Å². The Balaban J connectivity index is 1.73. The van der Waals surface area contributed by atoms with Crippen molar-refractivity contribution in [2.24, 2.45) is 0 Å². The Morgan fingerprint density at radius 1 is 0.891 bits per heavy atom. The summed E-state index contributed by atoms with van der Waals surface area (Å²) in [5.74, 6) is -0.0104. The second kappa shape index (κ2) is 16.0. The zero-order chi connectivity index (χ0) is 33.3. The summed E-state index contributed by atoms with van der Waals surface area (Å²) in [7, 11) is -1.35. The number of anilines is 1. The van der Waals surface area contributed by atoms with Crippen LogP contribution in [0.2, 0.25) is 0 Å². The molecule has 0 aromatic heterocycles. The predicted octanol–water partition coefficient (Wildman–Crippen LogP) is 5.81. The number of aryl methyl sites for hydroxylation is 2. The van der Waals surface area contributed by atoms with E-state index in [0.717, 1.165) is 53.1 Å². The molecule has 3 aromatic rings. The number of amides is 2. The fraction of sp³-hybridized carbons (Fsp3) is 0.444. The van der Waals surface area contributed by atoms with E-state index in [2.05, 4.69) is 5.32 Å². The van der Waals surface area contributed by atoms with E-state index in [0.29, 0.717) is 24.3 Å². The Morgan fingerprint density at radius 3 is 2.15 bits per heavy atom. The van der Waals surface area contributed by atoms with Crippen LogP contribution in [0.1, 0.15) is 62.1 Å². The fourth-order valence-corrected chi connectivity index (χ4v) is 7.58. The molecule has 0 aliphatic heterocycles. The first kappa shape index (κ1) is 34.8. The Kier molecular flexibility index (Phi) is 12.1. The molecule has 0 spiro atoms. The van der Waals surface area contributed by atoms with E-state index in [4.69, 9.17) is 9.47 Å². The van der Waals surface area contributed by atoms with Gasteiger partial charge >= 0.3 is 0 Å². The van der Waals surface area contributed by atoms with Crippen LogP contribution < -0.4 is 19.1 Å². The van der Waals surface area contributed by atoms with Gasteiger partial charge in [0.25, 0.3) is 10.0 Å². The molecule has 248 valence electrons. The van der Waals surface area contributed by atoms with E-state index in [1.807, 2.05) is 57.2 Å². The third kappa shape index (κ3) is 8.60. The first-order chi connectivity index (χ1) is 22.1. The normalized spacial score (nSPS) is 14.3. The molecule has 46 heavy (non-hydrogen) atoms. The van der Waals surface area contributed by atoms with E-state index in [1.165, 1.54) is 32.4 Å². The van der Waals surface area contributed by atoms with Gasteiger partial charge in [-0.2, -0.15) is 0 Å². The lowest BCUT2D eigenvalue weighted by Crippen LogP contribution is -2.54. The number of sulfonamides is 1. The van der Waals surface area contributed by atoms with Crippen LogP contribution in [0.3, 0.4) is 0 Å². The lowest BCUT2D eigenvalue weighted by Gasteiger charge is -2.34. The molecule has 1 unspecified atom stereocenters. The summed E-state index contributed by atoms with van der Waals surface area (Å²) in [6.45, 7) is 5.43. The standard InChI is InChI=1S/C36H47N3O6S/c1-6-32(36(41)37-29-15-11-8-12-16-29)38(20-19-28-13-9-7-10-14-28)35(40)25-39(30-22-26(2)21-27(3)23-30)46(42,43)31-17-18-33(44-4)34(24-31)45-5/h7,9-10,13-14,17-18,21-24,29,32H,6,8,11-12,15-16,19-20,25H2,1-5H3,(H,37,41). The molecular formula is C36H47N3O6S. The van der Waals surface area contributed by atoms with Crippen LogP contribution in [0.4, 0.5) is 5.69 Å². The lowest BCUT2D eigenvalue weighted by molar-refractivity contribution is -0.140. The molecule has 0 saturated heterocycles. The van der Waals surface area contributed by atoms with Gasteiger partial charge in [-0.25, -0.2) is 8.42 Å². The van der Waals surface area contributed by atoms with Gasteiger partial charge in [-0.1, -0.05) is 62.6 Å². The molecule has 0 radical (unpaired) electrons. The van der Waals surface area contributed by atoms with Crippen molar-refractivity contribution in [2.45, 2.75) is 82.7 Å². The van der Waals surface area contributed by atoms with Gasteiger partial charge in [-0.3, -0.25) is 13.9 Å². The molecule has 1 atom stereocenters. The fourth-order valence-electron chi connectivity index (χ4n) is 6.17. The number of hydrogen-bond donors (Lipinski definition) is 1. The van der Waals surface area contributed by atoms with Crippen molar-refractivity contribution in [2.75, 3.05) is 31.6 Å². The van der Waals surface area contributed by atoms with E-state index in [1.54, 1.807) is 17.0 Å². The van der Waals surface area contributed by atoms with Crippen LogP contribution in [-0.2, 0) is 26.0 Å². The number of nitrogens with one attached hydrogen (secondary N) is 1. The summed E-state index contributed by atoms with van der Waals surface area (Å²) >= 11 is 0. The topological polar surface area (TPSA) is 105 Å². The highest BCUT2D eigenvalue weighted by Gasteiger charge is 2.34. The van der Waals surface area contributed by atoms with Gasteiger partial charge < -0.3 is 19.7 Å². The summed E-state index contributed by atoms with van der Waals surface area (Å²) in [5.41, 5.74) is 3.10. The maximum absolute atomic E-state index is 14.4. The molecule has 4 rings (SSSR count). The molecule has 1 aliphatic rings. The molecule has 1 aliphatic carbocycles. The first-order valence-electron chi connectivity index (χ1n) is 16.0. The number of carbonyl (C=O) groups excluding carboxylic acids is 2. The molecule has 3 aromatic carbocycles. The minimum absolute atomic E-state index is 0.0463. The number of carbonyl (C=O) groups is 2. The minimum Gasteiger partial charge on any atom is -0.493 e. The SMILES string of the molecule is CCC(C(=O)NC1CCCCC1)N(CCc1ccccc1)C(=O)CN(c1cc(C)cc(C)c1)S(=O)(=O)c1ccc(OC)c(OC)c1. The number of rotatable bonds is 14. The Hall–Kier alpha value is -4.05. The lowest BCUT2D eigenvalue weighted by atomic mass is 9.95. The van der Waals surface area contributed by atoms with Crippen LogP contribution in [0, 0.1) is 13.8 Å². The zero-order valence-electron chi connectivity index (χ0n) is 27.6. The quantitative estimate of drug-likeness (QED) is 0.236. The molecule has 1 N–H and O–H groups in total. The van der Waals surface area contributed by atoms with Crippen molar-refractivity contribution >= 4 is 27.5 Å². The number of benzene rings is 3. The highest BCUT2D eigenvalue weighted by molar-refractivity contribution is 7.92. The zero-order valence-corrected chi connectivity index (χ0v) is 28.4. The van der Waals surface area contributed by atoms with Crippen LogP contribution in [0.15, 0.2) is 71.6 Å². The van der Waals surface area contributed by atoms with E-state index in [-0.39, 0.29) is 29.1 Å². The maximum Gasteiger partial charge on any atom is 0.264 e. The summed E-state index contributed by atoms with van der Waals surface area (Å²) in [6, 6.07) is 18.9. The summed E-state index contributed by atoms with van der Waals surface area (Å²) in [4.78, 5) is 29.7. The van der Waals surface area contributed by atoms with Crippen molar-refractivity contribution in [3.05, 3.63) is 83.4 Å². The van der Waals surface area contributed by atoms with Gasteiger partial charge in [-0.15, -0.1) is 0 Å². The van der Waals surface area contributed by atoms with Crippen molar-refractivity contribution in [1.82, 2.24) is 10.2 Å². The van der Waals surface area contributed by atoms with E-state index >= 15 is 0 Å². The predicted molar refractivity (Wildman–Crippen MR) is 181 cm³/mol. The Morgan fingerprint density at radius 2 is 1.54 bits per heavy atom. The van der Waals surface area contributed by atoms with E-state index < -0.39 is 28.5 Å². The van der Waals surface area contributed by atoms with Gasteiger partial charge in [-0.05, 0) is 80.5 Å². The number of methoxy groups -OCH3 is 2. The molecule has 0 heterocycles. The summed E-state index contributed by atoms with van der Waals surface area (Å²) < 4.78 is 40.6. The second-order valence-corrected chi connectivity index (χ2v) is 13.8. The first-order valence-corrected chi connectivity index (χ1v) is 17.5. The smallest absolute Gasteiger partial charge is 0.264 e. The highest BCUT2D eigenvalue weighted by Crippen LogP contribution is 2.33. The van der Waals surface area contributed by atoms with Crippen molar-refractivity contribution in [1.29, 1.82) is 0 Å². The van der Waals surface area contributed by atoms with Gasteiger partial charge in [0.05, 0.1) is 24.8 Å². The Labute approximate surface area is 273 Å². The summed E-state index contributed by atoms with van der Waals surface area (Å²) in [6.07, 6.45) is 6.05. The van der Waals surface area contributed by atoms with Crippen LogP contribution >= 0.6 is 0 Å². The van der Waals surface area contributed by atoms with Crippen molar-refractivity contribution in [3.8, 4) is 11.5 Å². The molecule has 2 amide bonds. The van der Waals surface area contributed by atoms with Gasteiger partial charge in [0.2, 0.25) is 11.8 Å². The van der Waals surface area contributed by atoms with E-state index in [9.17, 15) is 18.0 Å². The third-order valence-electron chi connectivity index (χ3n) is 8.54. The van der Waals surface area contributed by atoms with Crippen molar-refractivity contribution < 1.29 is 27.5 Å². The van der Waals surface area contributed by atoms with Crippen LogP contribution in [-0.4, -0.2) is 64.5 Å². The second-order valence-electron chi connectivity index (χ2n) is 12.0. The molecular weight excluding hydrogens is 602 g/mol.